The zero-order valence-corrected chi connectivity index (χ0v) is 20.2. The Balaban J connectivity index is 2.24. The van der Waals surface area contributed by atoms with Gasteiger partial charge in [-0.15, -0.1) is 0 Å². The van der Waals surface area contributed by atoms with Crippen molar-refractivity contribution in [2.45, 2.75) is 85.0 Å². The van der Waals surface area contributed by atoms with Crippen LogP contribution in [-0.4, -0.2) is 25.2 Å². The molecular weight excluding hydrogens is 402 g/mol. The molecule has 0 atom stereocenters. The Labute approximate surface area is 193 Å². The van der Waals surface area contributed by atoms with Crippen LogP contribution in [0.5, 0.6) is 0 Å². The maximum atomic E-state index is 13.1. The van der Waals surface area contributed by atoms with Gasteiger partial charge in [-0.25, -0.2) is 9.59 Å². The molecule has 1 aromatic rings. The summed E-state index contributed by atoms with van der Waals surface area (Å²) in [5.74, 6) is -1.26. The van der Waals surface area contributed by atoms with Gasteiger partial charge in [0.2, 0.25) is 0 Å². The molecule has 1 aromatic carbocycles. The molecule has 0 saturated heterocycles. The molecule has 5 nitrogen and oxygen atoms in total. The smallest absolute Gasteiger partial charge is 0.336 e. The van der Waals surface area contributed by atoms with E-state index in [0.717, 1.165) is 68.3 Å². The SMILES string of the molecule is CCCCCCOC(=O)C1=C(C)NC(C)=C(C(=O)OCCCCCC)C1c1ccccc1. The first kappa shape index (κ1) is 25.7. The fourth-order valence-corrected chi connectivity index (χ4v) is 4.06. The second-order valence-corrected chi connectivity index (χ2v) is 8.44. The number of dihydropyridines is 1. The molecule has 0 amide bonds. The highest BCUT2D eigenvalue weighted by Gasteiger charge is 2.37. The summed E-state index contributed by atoms with van der Waals surface area (Å²) in [4.78, 5) is 26.3. The molecular formula is C27H39NO4. The fourth-order valence-electron chi connectivity index (χ4n) is 4.06. The molecule has 1 heterocycles. The zero-order valence-electron chi connectivity index (χ0n) is 20.2. The minimum atomic E-state index is -0.510. The van der Waals surface area contributed by atoms with Crippen LogP contribution >= 0.6 is 0 Å². The molecule has 0 fully saturated rings. The average Bonchev–Trinajstić information content (AvgIpc) is 2.78. The molecule has 0 radical (unpaired) electrons. The Morgan fingerprint density at radius 2 is 1.22 bits per heavy atom. The normalized spacial score (nSPS) is 14.4. The van der Waals surface area contributed by atoms with E-state index in [1.807, 2.05) is 44.2 Å². The third kappa shape index (κ3) is 7.25. The standard InChI is InChI=1S/C27H39NO4/c1-5-7-9-14-18-31-26(29)23-20(3)28-21(4)24(25(23)22-16-12-11-13-17-22)27(30)32-19-15-10-8-6-2/h11-13,16-17,25,28H,5-10,14-15,18-19H2,1-4H3. The zero-order chi connectivity index (χ0) is 23.3. The van der Waals surface area contributed by atoms with E-state index in [-0.39, 0.29) is 11.9 Å². The quantitative estimate of drug-likeness (QED) is 0.293. The number of hydrogen-bond acceptors (Lipinski definition) is 5. The first-order valence-electron chi connectivity index (χ1n) is 12.1. The van der Waals surface area contributed by atoms with E-state index in [0.29, 0.717) is 24.4 Å². The van der Waals surface area contributed by atoms with Crippen molar-refractivity contribution in [3.8, 4) is 0 Å². The van der Waals surface area contributed by atoms with Crippen molar-refractivity contribution in [1.29, 1.82) is 0 Å². The van der Waals surface area contributed by atoms with Gasteiger partial charge in [0.05, 0.1) is 30.3 Å². The number of nitrogens with one attached hydrogen (secondary N) is 1. The van der Waals surface area contributed by atoms with Crippen LogP contribution in [0.15, 0.2) is 52.9 Å². The highest BCUT2D eigenvalue weighted by atomic mass is 16.5. The summed E-state index contributed by atoms with van der Waals surface area (Å²) in [7, 11) is 0. The minimum Gasteiger partial charge on any atom is -0.462 e. The number of hydrogen-bond donors (Lipinski definition) is 1. The number of esters is 2. The van der Waals surface area contributed by atoms with E-state index in [4.69, 9.17) is 9.47 Å². The predicted molar refractivity (Wildman–Crippen MR) is 128 cm³/mol. The van der Waals surface area contributed by atoms with Crippen LogP contribution in [0.1, 0.15) is 90.5 Å². The summed E-state index contributed by atoms with van der Waals surface area (Å²) >= 11 is 0. The molecule has 1 N–H and O–H groups in total. The van der Waals surface area contributed by atoms with Gasteiger partial charge < -0.3 is 14.8 Å². The van der Waals surface area contributed by atoms with Crippen LogP contribution in [0.25, 0.3) is 0 Å². The topological polar surface area (TPSA) is 64.6 Å². The third-order valence-corrected chi connectivity index (χ3v) is 5.80. The second-order valence-electron chi connectivity index (χ2n) is 8.44. The molecule has 2 rings (SSSR count). The van der Waals surface area contributed by atoms with Crippen molar-refractivity contribution in [3.05, 3.63) is 58.4 Å². The van der Waals surface area contributed by atoms with Gasteiger partial charge in [0.15, 0.2) is 0 Å². The van der Waals surface area contributed by atoms with Crippen LogP contribution in [0.4, 0.5) is 0 Å². The third-order valence-electron chi connectivity index (χ3n) is 5.80. The summed E-state index contributed by atoms with van der Waals surface area (Å²) in [6.45, 7) is 8.79. The van der Waals surface area contributed by atoms with Gasteiger partial charge in [0.1, 0.15) is 0 Å². The molecule has 1 aliphatic heterocycles. The predicted octanol–water partition coefficient (Wildman–Crippen LogP) is 6.17. The van der Waals surface area contributed by atoms with Crippen LogP contribution in [0.2, 0.25) is 0 Å². The van der Waals surface area contributed by atoms with Crippen LogP contribution in [0, 0.1) is 0 Å². The Hall–Kier alpha value is -2.56. The van der Waals surface area contributed by atoms with Gasteiger partial charge >= 0.3 is 11.9 Å². The van der Waals surface area contributed by atoms with E-state index in [9.17, 15) is 9.59 Å². The molecule has 0 aliphatic carbocycles. The highest BCUT2D eigenvalue weighted by molar-refractivity contribution is 5.99. The van der Waals surface area contributed by atoms with Crippen molar-refractivity contribution >= 4 is 11.9 Å². The lowest BCUT2D eigenvalue weighted by atomic mass is 9.80. The van der Waals surface area contributed by atoms with Gasteiger partial charge in [-0.1, -0.05) is 82.7 Å². The molecule has 0 unspecified atom stereocenters. The number of benzene rings is 1. The highest BCUT2D eigenvalue weighted by Crippen LogP contribution is 2.39. The van der Waals surface area contributed by atoms with E-state index in [2.05, 4.69) is 19.2 Å². The number of ether oxygens (including phenoxy) is 2. The maximum Gasteiger partial charge on any atom is 0.336 e. The number of carbonyl (C=O) groups excluding carboxylic acids is 2. The number of rotatable bonds is 13. The second kappa shape index (κ2) is 13.8. The Kier molecular flexibility index (Phi) is 11.1. The lowest BCUT2D eigenvalue weighted by Gasteiger charge is -2.30. The maximum absolute atomic E-state index is 13.1. The van der Waals surface area contributed by atoms with Crippen molar-refractivity contribution in [1.82, 2.24) is 5.32 Å². The molecule has 0 aromatic heterocycles. The van der Waals surface area contributed by atoms with E-state index >= 15 is 0 Å². The number of unbranched alkanes of at least 4 members (excludes halogenated alkanes) is 6. The summed E-state index contributed by atoms with van der Waals surface area (Å²) in [6, 6.07) is 9.65. The summed E-state index contributed by atoms with van der Waals surface area (Å²) in [5, 5.41) is 3.22. The monoisotopic (exact) mass is 441 g/mol. The van der Waals surface area contributed by atoms with Gasteiger partial charge in [-0.05, 0) is 32.3 Å². The van der Waals surface area contributed by atoms with Crippen molar-refractivity contribution in [3.63, 3.8) is 0 Å². The van der Waals surface area contributed by atoms with Crippen molar-refractivity contribution < 1.29 is 19.1 Å². The van der Waals surface area contributed by atoms with Crippen LogP contribution in [0.3, 0.4) is 0 Å². The van der Waals surface area contributed by atoms with Gasteiger partial charge in [-0.2, -0.15) is 0 Å². The van der Waals surface area contributed by atoms with Gasteiger partial charge in [0.25, 0.3) is 0 Å². The van der Waals surface area contributed by atoms with E-state index in [1.54, 1.807) is 0 Å². The largest absolute Gasteiger partial charge is 0.462 e. The molecule has 0 bridgehead atoms. The molecule has 0 saturated carbocycles. The van der Waals surface area contributed by atoms with Gasteiger partial charge in [0, 0.05) is 11.4 Å². The molecule has 1 aliphatic rings. The van der Waals surface area contributed by atoms with Crippen LogP contribution in [-0.2, 0) is 19.1 Å². The lowest BCUT2D eigenvalue weighted by molar-refractivity contribution is -0.140. The Morgan fingerprint density at radius 3 is 1.66 bits per heavy atom. The Bertz CT molecular complexity index is 762. The van der Waals surface area contributed by atoms with Crippen LogP contribution < -0.4 is 5.32 Å². The molecule has 5 heteroatoms. The van der Waals surface area contributed by atoms with Gasteiger partial charge in [-0.3, -0.25) is 0 Å². The summed E-state index contributed by atoms with van der Waals surface area (Å²) < 4.78 is 11.3. The summed E-state index contributed by atoms with van der Waals surface area (Å²) in [5.41, 5.74) is 3.28. The van der Waals surface area contributed by atoms with E-state index in [1.165, 1.54) is 0 Å². The van der Waals surface area contributed by atoms with Crippen molar-refractivity contribution in [2.75, 3.05) is 13.2 Å². The Morgan fingerprint density at radius 1 is 0.750 bits per heavy atom. The van der Waals surface area contributed by atoms with Crippen molar-refractivity contribution in [2.24, 2.45) is 0 Å². The molecule has 32 heavy (non-hydrogen) atoms. The van der Waals surface area contributed by atoms with E-state index < -0.39 is 5.92 Å². The number of allylic oxidation sites excluding steroid dienone is 2. The first-order valence-corrected chi connectivity index (χ1v) is 12.1. The average molecular weight is 442 g/mol. The first-order chi connectivity index (χ1) is 15.5. The summed E-state index contributed by atoms with van der Waals surface area (Å²) in [6.07, 6.45) is 8.28. The molecule has 0 spiro atoms. The minimum absolute atomic E-state index is 0.374. The lowest BCUT2D eigenvalue weighted by Crippen LogP contribution is -2.32. The number of carbonyl (C=O) groups is 2. The molecule has 176 valence electrons. The fraction of sp³-hybridized carbons (Fsp3) is 0.556.